The topological polar surface area (TPSA) is 26.3 Å². The second-order valence-corrected chi connectivity index (χ2v) is 3.69. The Labute approximate surface area is 66.9 Å². The molecule has 2 rings (SSSR count). The van der Waals surface area contributed by atoms with Crippen LogP contribution in [0.2, 0.25) is 0 Å². The van der Waals surface area contributed by atoms with Gasteiger partial charge in [-0.2, -0.15) is 0 Å². The van der Waals surface area contributed by atoms with Gasteiger partial charge >= 0.3 is 5.97 Å². The smallest absolute Gasteiger partial charge is 0.306 e. The van der Waals surface area contributed by atoms with Crippen LogP contribution in [0.5, 0.6) is 0 Å². The number of cyclic esters (lactones) is 1. The van der Waals surface area contributed by atoms with Crippen molar-refractivity contribution in [3.05, 3.63) is 0 Å². The lowest BCUT2D eigenvalue weighted by Gasteiger charge is -2.34. The molecule has 2 heteroatoms. The maximum absolute atomic E-state index is 10.9. The van der Waals surface area contributed by atoms with Crippen LogP contribution in [0.4, 0.5) is 0 Å². The highest BCUT2D eigenvalue weighted by atomic mass is 16.5. The van der Waals surface area contributed by atoms with E-state index in [1.807, 2.05) is 0 Å². The van der Waals surface area contributed by atoms with Crippen molar-refractivity contribution in [1.82, 2.24) is 0 Å². The Hall–Kier alpha value is -0.530. The summed E-state index contributed by atoms with van der Waals surface area (Å²) in [5.41, 5.74) is 0. The van der Waals surface area contributed by atoms with Crippen LogP contribution in [0, 0.1) is 11.8 Å². The number of fused-ring (bicyclic) bond motifs is 1. The monoisotopic (exact) mass is 154 g/mol. The summed E-state index contributed by atoms with van der Waals surface area (Å²) in [4.78, 5) is 10.9. The number of ether oxygens (including phenoxy) is 1. The summed E-state index contributed by atoms with van der Waals surface area (Å²) >= 11 is 0. The van der Waals surface area contributed by atoms with E-state index in [1.165, 1.54) is 25.7 Å². The molecule has 1 saturated carbocycles. The van der Waals surface area contributed by atoms with Crippen molar-refractivity contribution < 1.29 is 9.53 Å². The van der Waals surface area contributed by atoms with Crippen LogP contribution in [-0.4, -0.2) is 12.6 Å². The Morgan fingerprint density at radius 3 is 2.73 bits per heavy atom. The molecule has 0 aromatic carbocycles. The highest BCUT2D eigenvalue weighted by Crippen LogP contribution is 2.35. The number of rotatable bonds is 0. The minimum atomic E-state index is 0.0214. The van der Waals surface area contributed by atoms with Crippen LogP contribution in [-0.2, 0) is 9.53 Å². The zero-order valence-corrected chi connectivity index (χ0v) is 6.71. The Morgan fingerprint density at radius 2 is 1.91 bits per heavy atom. The molecule has 0 aromatic heterocycles. The lowest BCUT2D eigenvalue weighted by molar-refractivity contribution is -0.154. The average molecular weight is 154 g/mol. The molecule has 2 fully saturated rings. The first-order chi connectivity index (χ1) is 5.36. The fourth-order valence-electron chi connectivity index (χ4n) is 2.25. The van der Waals surface area contributed by atoms with Crippen molar-refractivity contribution in [1.29, 1.82) is 0 Å². The van der Waals surface area contributed by atoms with Gasteiger partial charge in [-0.1, -0.05) is 12.8 Å². The van der Waals surface area contributed by atoms with Gasteiger partial charge in [-0.3, -0.25) is 4.79 Å². The first kappa shape index (κ1) is 7.14. The first-order valence-electron chi connectivity index (χ1n) is 4.52. The van der Waals surface area contributed by atoms with Gasteiger partial charge in [0.2, 0.25) is 0 Å². The van der Waals surface area contributed by atoms with E-state index in [1.54, 1.807) is 0 Å². The summed E-state index contributed by atoms with van der Waals surface area (Å²) in [5, 5.41) is 0. The quantitative estimate of drug-likeness (QED) is 0.497. The standard InChI is InChI=1S/C9H14O2/c10-9-5-7-3-1-2-4-8(7)6-11-9/h7-8H,1-6H2/t7-,8-/m1/s1. The minimum absolute atomic E-state index is 0.0214. The van der Waals surface area contributed by atoms with E-state index < -0.39 is 0 Å². The molecule has 0 bridgehead atoms. The molecule has 0 radical (unpaired) electrons. The van der Waals surface area contributed by atoms with Crippen molar-refractivity contribution in [2.45, 2.75) is 32.1 Å². The fraction of sp³-hybridized carbons (Fsp3) is 0.889. The molecule has 2 aliphatic rings. The van der Waals surface area contributed by atoms with Crippen LogP contribution in [0.15, 0.2) is 0 Å². The van der Waals surface area contributed by atoms with Crippen LogP contribution in [0.1, 0.15) is 32.1 Å². The molecule has 0 N–H and O–H groups in total. The highest BCUT2D eigenvalue weighted by Gasteiger charge is 2.32. The molecule has 1 heterocycles. The van der Waals surface area contributed by atoms with Crippen LogP contribution in [0.3, 0.4) is 0 Å². The van der Waals surface area contributed by atoms with Crippen molar-refractivity contribution in [2.24, 2.45) is 11.8 Å². The summed E-state index contributed by atoms with van der Waals surface area (Å²) in [6.07, 6.45) is 5.86. The summed E-state index contributed by atoms with van der Waals surface area (Å²) in [7, 11) is 0. The van der Waals surface area contributed by atoms with Crippen molar-refractivity contribution in [2.75, 3.05) is 6.61 Å². The van der Waals surface area contributed by atoms with Crippen molar-refractivity contribution >= 4 is 5.97 Å². The van der Waals surface area contributed by atoms with E-state index in [4.69, 9.17) is 4.74 Å². The number of carbonyl (C=O) groups is 1. The van der Waals surface area contributed by atoms with E-state index in [2.05, 4.69) is 0 Å². The van der Waals surface area contributed by atoms with Gasteiger partial charge in [0.15, 0.2) is 0 Å². The second kappa shape index (κ2) is 2.84. The molecule has 62 valence electrons. The van der Waals surface area contributed by atoms with E-state index in [9.17, 15) is 4.79 Å². The van der Waals surface area contributed by atoms with E-state index in [0.29, 0.717) is 24.9 Å². The SMILES string of the molecule is O=C1C[C@H]2CCCC[C@@H]2CO1. The zero-order valence-electron chi connectivity index (χ0n) is 6.71. The molecule has 2 atom stereocenters. The molecule has 11 heavy (non-hydrogen) atoms. The largest absolute Gasteiger partial charge is 0.465 e. The number of esters is 1. The Kier molecular flexibility index (Phi) is 1.84. The lowest BCUT2D eigenvalue weighted by Crippen LogP contribution is -2.32. The maximum atomic E-state index is 10.9. The Balaban J connectivity index is 1.98. The molecule has 0 aromatic rings. The van der Waals surface area contributed by atoms with E-state index in [0.717, 1.165) is 0 Å². The first-order valence-corrected chi connectivity index (χ1v) is 4.52. The van der Waals surface area contributed by atoms with Gasteiger partial charge in [-0.25, -0.2) is 0 Å². The average Bonchev–Trinajstić information content (AvgIpc) is 2.04. The molecular weight excluding hydrogens is 140 g/mol. The molecule has 1 aliphatic carbocycles. The Morgan fingerprint density at radius 1 is 1.18 bits per heavy atom. The lowest BCUT2D eigenvalue weighted by atomic mass is 9.77. The minimum Gasteiger partial charge on any atom is -0.465 e. The van der Waals surface area contributed by atoms with Gasteiger partial charge in [0.1, 0.15) is 0 Å². The summed E-state index contributed by atoms with van der Waals surface area (Å²) in [6, 6.07) is 0. The molecule has 1 saturated heterocycles. The summed E-state index contributed by atoms with van der Waals surface area (Å²) < 4.78 is 5.01. The van der Waals surface area contributed by atoms with Gasteiger partial charge in [-0.15, -0.1) is 0 Å². The van der Waals surface area contributed by atoms with Gasteiger partial charge in [0, 0.05) is 6.42 Å². The van der Waals surface area contributed by atoms with Crippen LogP contribution < -0.4 is 0 Å². The van der Waals surface area contributed by atoms with Crippen molar-refractivity contribution in [3.8, 4) is 0 Å². The predicted octanol–water partition coefficient (Wildman–Crippen LogP) is 1.74. The predicted molar refractivity (Wildman–Crippen MR) is 41.0 cm³/mol. The highest BCUT2D eigenvalue weighted by molar-refractivity contribution is 5.70. The maximum Gasteiger partial charge on any atom is 0.306 e. The fourth-order valence-corrected chi connectivity index (χ4v) is 2.25. The third kappa shape index (κ3) is 1.39. The zero-order chi connectivity index (χ0) is 7.68. The number of carbonyl (C=O) groups excluding carboxylic acids is 1. The number of hydrogen-bond donors (Lipinski definition) is 0. The third-order valence-electron chi connectivity index (χ3n) is 2.95. The summed E-state index contributed by atoms with van der Waals surface area (Å²) in [5.74, 6) is 1.37. The van der Waals surface area contributed by atoms with E-state index in [-0.39, 0.29) is 5.97 Å². The molecule has 0 unspecified atom stereocenters. The van der Waals surface area contributed by atoms with Gasteiger partial charge in [-0.05, 0) is 24.7 Å². The number of hydrogen-bond acceptors (Lipinski definition) is 2. The van der Waals surface area contributed by atoms with Crippen LogP contribution >= 0.6 is 0 Å². The normalized spacial score (nSPS) is 37.6. The Bertz CT molecular complexity index is 165. The van der Waals surface area contributed by atoms with Crippen molar-refractivity contribution in [3.63, 3.8) is 0 Å². The third-order valence-corrected chi connectivity index (χ3v) is 2.95. The van der Waals surface area contributed by atoms with Gasteiger partial charge in [0.25, 0.3) is 0 Å². The second-order valence-electron chi connectivity index (χ2n) is 3.69. The van der Waals surface area contributed by atoms with E-state index >= 15 is 0 Å². The molecule has 2 nitrogen and oxygen atoms in total. The van der Waals surface area contributed by atoms with Gasteiger partial charge in [0.05, 0.1) is 6.61 Å². The van der Waals surface area contributed by atoms with Gasteiger partial charge < -0.3 is 4.74 Å². The molecule has 1 aliphatic heterocycles. The van der Waals surface area contributed by atoms with Crippen LogP contribution in [0.25, 0.3) is 0 Å². The summed E-state index contributed by atoms with van der Waals surface area (Å²) in [6.45, 7) is 0.698. The molecule has 0 amide bonds. The molecule has 0 spiro atoms. The molecular formula is C9H14O2.